The van der Waals surface area contributed by atoms with E-state index in [1.54, 1.807) is 18.2 Å². The lowest BCUT2D eigenvalue weighted by Crippen LogP contribution is -2.46. The molecule has 1 atom stereocenters. The maximum Gasteiger partial charge on any atom is 0.266 e. The Balaban J connectivity index is 1.49. The molecule has 148 valence electrons. The fraction of sp³-hybridized carbons (Fsp3) is 0.500. The number of piperidine rings is 1. The normalized spacial score (nSPS) is 23.3. The van der Waals surface area contributed by atoms with Crippen LogP contribution >= 0.6 is 0 Å². The molecule has 0 aromatic heterocycles. The molecule has 6 nitrogen and oxygen atoms in total. The topological polar surface area (TPSA) is 66.9 Å². The van der Waals surface area contributed by atoms with E-state index in [-0.39, 0.29) is 12.2 Å². The van der Waals surface area contributed by atoms with Gasteiger partial charge in [0.05, 0.1) is 17.2 Å². The van der Waals surface area contributed by atoms with Crippen molar-refractivity contribution in [2.24, 2.45) is 0 Å². The number of rotatable bonds is 5. The number of likely N-dealkylation sites (tertiary alicyclic amines) is 1. The number of amides is 2. The first-order valence-electron chi connectivity index (χ1n) is 10.1. The van der Waals surface area contributed by atoms with E-state index in [4.69, 9.17) is 4.74 Å². The van der Waals surface area contributed by atoms with Gasteiger partial charge in [0.2, 0.25) is 0 Å². The lowest BCUT2D eigenvalue weighted by molar-refractivity contribution is -0.123. The summed E-state index contributed by atoms with van der Waals surface area (Å²) in [5.41, 5.74) is 1.49. The van der Waals surface area contributed by atoms with Gasteiger partial charge in [-0.05, 0) is 50.9 Å². The summed E-state index contributed by atoms with van der Waals surface area (Å²) in [6.45, 7) is 7.29. The second-order valence-electron chi connectivity index (χ2n) is 7.86. The number of ketones is 1. The summed E-state index contributed by atoms with van der Waals surface area (Å²) >= 11 is 0. The Labute approximate surface area is 165 Å². The monoisotopic (exact) mass is 382 g/mol. The highest BCUT2D eigenvalue weighted by Crippen LogP contribution is 2.35. The van der Waals surface area contributed by atoms with Crippen LogP contribution in [0.4, 0.5) is 0 Å². The third kappa shape index (κ3) is 3.49. The number of hydrogen-bond donors (Lipinski definition) is 0. The van der Waals surface area contributed by atoms with Gasteiger partial charge in [0.1, 0.15) is 12.4 Å². The first-order chi connectivity index (χ1) is 13.6. The second-order valence-corrected chi connectivity index (χ2v) is 7.86. The van der Waals surface area contributed by atoms with Crippen molar-refractivity contribution in [1.82, 2.24) is 9.80 Å². The average Bonchev–Trinajstić information content (AvgIpc) is 2.94. The number of allylic oxidation sites excluding steroid dienone is 1. The number of hydrogen-bond acceptors (Lipinski definition) is 5. The van der Waals surface area contributed by atoms with Gasteiger partial charge in [0.15, 0.2) is 5.78 Å². The van der Waals surface area contributed by atoms with Crippen molar-refractivity contribution in [3.63, 3.8) is 0 Å². The number of fused-ring (bicyclic) bond motifs is 1. The van der Waals surface area contributed by atoms with Crippen molar-refractivity contribution in [2.75, 3.05) is 26.2 Å². The van der Waals surface area contributed by atoms with E-state index in [9.17, 15) is 14.4 Å². The van der Waals surface area contributed by atoms with E-state index < -0.39 is 17.9 Å². The largest absolute Gasteiger partial charge is 0.491 e. The molecule has 2 fully saturated rings. The molecule has 3 aliphatic rings. The van der Waals surface area contributed by atoms with Crippen LogP contribution in [0.2, 0.25) is 0 Å². The summed E-state index contributed by atoms with van der Waals surface area (Å²) in [6.07, 6.45) is 5.05. The molecular weight excluding hydrogens is 356 g/mol. The number of ether oxygens (including phenoxy) is 1. The van der Waals surface area contributed by atoms with Crippen LogP contribution in [0.3, 0.4) is 0 Å². The molecule has 1 unspecified atom stereocenters. The van der Waals surface area contributed by atoms with Crippen molar-refractivity contribution < 1.29 is 19.1 Å². The molecule has 1 aromatic carbocycles. The van der Waals surface area contributed by atoms with Crippen LogP contribution in [0.1, 0.15) is 59.2 Å². The maximum atomic E-state index is 13.1. The lowest BCUT2D eigenvalue weighted by atomic mass is 9.89. The van der Waals surface area contributed by atoms with E-state index in [2.05, 4.69) is 11.5 Å². The lowest BCUT2D eigenvalue weighted by Gasteiger charge is -2.29. The number of imide groups is 1. The molecule has 2 aliphatic heterocycles. The molecule has 6 heteroatoms. The Morgan fingerprint density at radius 3 is 2.61 bits per heavy atom. The minimum Gasteiger partial charge on any atom is -0.491 e. The zero-order valence-electron chi connectivity index (χ0n) is 16.1. The standard InChI is InChI=1S/C22H26N2O4/c1-15-8-9-17(18(25)14-15)24-21(26)16-6-5-7-19(20(16)22(24)27)28-13-12-23-10-3-2-4-11-23/h5-7,17H,1-4,8-14H2. The zero-order valence-corrected chi connectivity index (χ0v) is 16.1. The highest BCUT2D eigenvalue weighted by atomic mass is 16.5. The summed E-state index contributed by atoms with van der Waals surface area (Å²) in [6, 6.07) is 4.40. The fourth-order valence-corrected chi connectivity index (χ4v) is 4.37. The predicted molar refractivity (Wildman–Crippen MR) is 105 cm³/mol. The van der Waals surface area contributed by atoms with E-state index >= 15 is 0 Å². The van der Waals surface area contributed by atoms with Crippen molar-refractivity contribution in [1.29, 1.82) is 0 Å². The maximum absolute atomic E-state index is 13.1. The summed E-state index contributed by atoms with van der Waals surface area (Å²) in [5, 5.41) is 0. The van der Waals surface area contributed by atoms with E-state index in [1.807, 2.05) is 0 Å². The summed E-state index contributed by atoms with van der Waals surface area (Å²) in [7, 11) is 0. The van der Waals surface area contributed by atoms with Gasteiger partial charge in [0.25, 0.3) is 11.8 Å². The van der Waals surface area contributed by atoms with Gasteiger partial charge in [0, 0.05) is 13.0 Å². The van der Waals surface area contributed by atoms with Gasteiger partial charge in [-0.2, -0.15) is 0 Å². The van der Waals surface area contributed by atoms with Crippen LogP contribution in [-0.2, 0) is 4.79 Å². The van der Waals surface area contributed by atoms with Crippen LogP contribution in [0.25, 0.3) is 0 Å². The SMILES string of the molecule is C=C1CCC(N2C(=O)c3cccc(OCCN4CCCCC4)c3C2=O)C(=O)C1. The Hall–Kier alpha value is -2.47. The molecule has 0 N–H and O–H groups in total. The predicted octanol–water partition coefficient (Wildman–Crippen LogP) is 2.83. The van der Waals surface area contributed by atoms with Crippen LogP contribution in [0, 0.1) is 0 Å². The number of carbonyl (C=O) groups is 3. The third-order valence-corrected chi connectivity index (χ3v) is 5.90. The van der Waals surface area contributed by atoms with Gasteiger partial charge >= 0.3 is 0 Å². The molecule has 2 amide bonds. The van der Waals surface area contributed by atoms with E-state index in [1.165, 1.54) is 19.3 Å². The van der Waals surface area contributed by atoms with E-state index in [0.29, 0.717) is 36.3 Å². The van der Waals surface area contributed by atoms with Crippen molar-refractivity contribution in [3.8, 4) is 5.75 Å². The van der Waals surface area contributed by atoms with Crippen LogP contribution in [0.5, 0.6) is 5.75 Å². The van der Waals surface area contributed by atoms with Crippen molar-refractivity contribution in [3.05, 3.63) is 41.5 Å². The van der Waals surface area contributed by atoms with E-state index in [0.717, 1.165) is 30.1 Å². The summed E-state index contributed by atoms with van der Waals surface area (Å²) < 4.78 is 5.91. The van der Waals surface area contributed by atoms with Gasteiger partial charge < -0.3 is 4.74 Å². The number of carbonyl (C=O) groups excluding carboxylic acids is 3. The minimum atomic E-state index is -0.695. The molecule has 4 rings (SSSR count). The summed E-state index contributed by atoms with van der Waals surface area (Å²) in [5.74, 6) is -0.492. The Bertz CT molecular complexity index is 826. The molecule has 0 radical (unpaired) electrons. The average molecular weight is 382 g/mol. The Kier molecular flexibility index (Phi) is 5.31. The smallest absolute Gasteiger partial charge is 0.266 e. The number of nitrogens with zero attached hydrogens (tertiary/aromatic N) is 2. The molecule has 28 heavy (non-hydrogen) atoms. The summed E-state index contributed by atoms with van der Waals surface area (Å²) in [4.78, 5) is 41.9. The highest BCUT2D eigenvalue weighted by molar-refractivity contribution is 6.24. The molecule has 1 saturated carbocycles. The van der Waals surface area contributed by atoms with Crippen LogP contribution in [0.15, 0.2) is 30.4 Å². The first-order valence-corrected chi connectivity index (χ1v) is 10.1. The van der Waals surface area contributed by atoms with Gasteiger partial charge in [-0.15, -0.1) is 0 Å². The van der Waals surface area contributed by atoms with Crippen LogP contribution in [-0.4, -0.2) is 59.7 Å². The third-order valence-electron chi connectivity index (χ3n) is 5.90. The van der Waals surface area contributed by atoms with Crippen molar-refractivity contribution in [2.45, 2.75) is 44.6 Å². The fourth-order valence-electron chi connectivity index (χ4n) is 4.37. The second kappa shape index (κ2) is 7.87. The molecule has 0 bridgehead atoms. The highest BCUT2D eigenvalue weighted by Gasteiger charge is 2.45. The Morgan fingerprint density at radius 1 is 1.07 bits per heavy atom. The van der Waals surface area contributed by atoms with Gasteiger partial charge in [-0.25, -0.2) is 0 Å². The molecular formula is C22H26N2O4. The Morgan fingerprint density at radius 2 is 1.86 bits per heavy atom. The minimum absolute atomic E-state index is 0.113. The molecule has 1 saturated heterocycles. The molecule has 0 spiro atoms. The quantitative estimate of drug-likeness (QED) is 0.579. The number of benzene rings is 1. The molecule has 1 aliphatic carbocycles. The molecule has 1 aromatic rings. The van der Waals surface area contributed by atoms with Crippen molar-refractivity contribution >= 4 is 17.6 Å². The van der Waals surface area contributed by atoms with Gasteiger partial charge in [-0.1, -0.05) is 24.6 Å². The first kappa shape index (κ1) is 18.9. The number of Topliss-reactive ketones (excluding diaryl/α,β-unsaturated/α-hetero) is 1. The van der Waals surface area contributed by atoms with Gasteiger partial charge in [-0.3, -0.25) is 24.2 Å². The van der Waals surface area contributed by atoms with Crippen LogP contribution < -0.4 is 4.74 Å². The molecule has 2 heterocycles. The zero-order chi connectivity index (χ0) is 19.7.